The molecule has 0 bridgehead atoms. The number of aromatic amines is 1. The maximum absolute atomic E-state index is 4.05. The van der Waals surface area contributed by atoms with Gasteiger partial charge in [0.25, 0.3) is 0 Å². The van der Waals surface area contributed by atoms with E-state index in [4.69, 9.17) is 0 Å². The molecule has 0 aliphatic rings. The Morgan fingerprint density at radius 3 is 2.69 bits per heavy atom. The van der Waals surface area contributed by atoms with E-state index in [1.807, 2.05) is 25.1 Å². The maximum Gasteiger partial charge on any atom is 0.152 e. The minimum absolute atomic E-state index is 0.823. The molecular weight excluding hydrogens is 164 g/mol. The summed E-state index contributed by atoms with van der Waals surface area (Å²) in [4.78, 5) is 3.92. The molecule has 4 heteroatoms. The molecule has 2 aromatic heterocycles. The van der Waals surface area contributed by atoms with Gasteiger partial charge in [0, 0.05) is 29.8 Å². The second-order valence-electron chi connectivity index (χ2n) is 2.80. The number of aromatic nitrogens is 3. The SMILES string of the molecule is Cc1cc(Nc2ccncc2)n[nH]1. The van der Waals surface area contributed by atoms with Crippen LogP contribution in [0, 0.1) is 6.92 Å². The van der Waals surface area contributed by atoms with Gasteiger partial charge in [0.2, 0.25) is 0 Å². The van der Waals surface area contributed by atoms with E-state index in [1.54, 1.807) is 12.4 Å². The molecule has 2 rings (SSSR count). The Labute approximate surface area is 76.0 Å². The predicted molar refractivity (Wildman–Crippen MR) is 50.8 cm³/mol. The van der Waals surface area contributed by atoms with E-state index in [9.17, 15) is 0 Å². The Hall–Kier alpha value is -1.84. The van der Waals surface area contributed by atoms with Gasteiger partial charge in [-0.3, -0.25) is 10.1 Å². The van der Waals surface area contributed by atoms with E-state index in [1.165, 1.54) is 0 Å². The number of nitrogens with one attached hydrogen (secondary N) is 2. The molecular formula is C9H10N4. The molecule has 0 spiro atoms. The van der Waals surface area contributed by atoms with E-state index in [-0.39, 0.29) is 0 Å². The molecule has 2 N–H and O–H groups in total. The zero-order valence-corrected chi connectivity index (χ0v) is 7.28. The zero-order valence-electron chi connectivity index (χ0n) is 7.28. The van der Waals surface area contributed by atoms with Gasteiger partial charge in [0.15, 0.2) is 5.82 Å². The van der Waals surface area contributed by atoms with Crippen LogP contribution in [-0.4, -0.2) is 15.2 Å². The van der Waals surface area contributed by atoms with Gasteiger partial charge in [-0.2, -0.15) is 5.10 Å². The lowest BCUT2D eigenvalue weighted by atomic mass is 10.4. The highest BCUT2D eigenvalue weighted by molar-refractivity contribution is 5.54. The number of pyridine rings is 1. The number of hydrogen-bond donors (Lipinski definition) is 2. The molecule has 0 aliphatic carbocycles. The maximum atomic E-state index is 4.05. The Morgan fingerprint density at radius 1 is 1.31 bits per heavy atom. The smallest absolute Gasteiger partial charge is 0.152 e. The summed E-state index contributed by atoms with van der Waals surface area (Å²) >= 11 is 0. The van der Waals surface area contributed by atoms with E-state index < -0.39 is 0 Å². The van der Waals surface area contributed by atoms with E-state index in [0.29, 0.717) is 0 Å². The fourth-order valence-electron chi connectivity index (χ4n) is 1.07. The van der Waals surface area contributed by atoms with Crippen molar-refractivity contribution in [2.75, 3.05) is 5.32 Å². The van der Waals surface area contributed by atoms with Gasteiger partial charge in [-0.1, -0.05) is 0 Å². The Morgan fingerprint density at radius 2 is 2.08 bits per heavy atom. The topological polar surface area (TPSA) is 53.6 Å². The lowest BCUT2D eigenvalue weighted by molar-refractivity contribution is 1.05. The van der Waals surface area contributed by atoms with Crippen LogP contribution < -0.4 is 5.32 Å². The summed E-state index contributed by atoms with van der Waals surface area (Å²) in [5.74, 6) is 0.823. The van der Waals surface area contributed by atoms with Crippen molar-refractivity contribution in [3.63, 3.8) is 0 Å². The van der Waals surface area contributed by atoms with Crippen LogP contribution >= 0.6 is 0 Å². The first-order valence-corrected chi connectivity index (χ1v) is 4.03. The van der Waals surface area contributed by atoms with Gasteiger partial charge in [-0.15, -0.1) is 0 Å². The van der Waals surface area contributed by atoms with Crippen molar-refractivity contribution >= 4 is 11.5 Å². The van der Waals surface area contributed by atoms with Crippen molar-refractivity contribution in [1.82, 2.24) is 15.2 Å². The van der Waals surface area contributed by atoms with Crippen LogP contribution in [0.1, 0.15) is 5.69 Å². The Bertz CT molecular complexity index is 380. The van der Waals surface area contributed by atoms with Gasteiger partial charge >= 0.3 is 0 Å². The van der Waals surface area contributed by atoms with Crippen LogP contribution in [0.15, 0.2) is 30.6 Å². The average molecular weight is 174 g/mol. The molecule has 2 heterocycles. The van der Waals surface area contributed by atoms with Crippen molar-refractivity contribution in [2.45, 2.75) is 6.92 Å². The van der Waals surface area contributed by atoms with Gasteiger partial charge < -0.3 is 5.32 Å². The lowest BCUT2D eigenvalue weighted by Crippen LogP contribution is -1.89. The standard InChI is InChI=1S/C9H10N4/c1-7-6-9(13-12-7)11-8-2-4-10-5-3-8/h2-6H,1H3,(H2,10,11,12,13). The molecule has 0 amide bonds. The van der Waals surface area contributed by atoms with Gasteiger partial charge in [-0.25, -0.2) is 0 Å². The summed E-state index contributed by atoms with van der Waals surface area (Å²) in [5.41, 5.74) is 2.03. The van der Waals surface area contributed by atoms with Gasteiger partial charge in [0.05, 0.1) is 0 Å². The summed E-state index contributed by atoms with van der Waals surface area (Å²) in [6.45, 7) is 1.96. The van der Waals surface area contributed by atoms with E-state index in [0.717, 1.165) is 17.2 Å². The average Bonchev–Trinajstić information content (AvgIpc) is 2.53. The van der Waals surface area contributed by atoms with Crippen LogP contribution in [0.2, 0.25) is 0 Å². The number of H-pyrrole nitrogens is 1. The van der Waals surface area contributed by atoms with Crippen molar-refractivity contribution < 1.29 is 0 Å². The summed E-state index contributed by atoms with van der Waals surface area (Å²) in [5, 5.41) is 10.1. The van der Waals surface area contributed by atoms with Crippen LogP contribution in [0.3, 0.4) is 0 Å². The Balaban J connectivity index is 2.15. The molecule has 0 aromatic carbocycles. The summed E-state index contributed by atoms with van der Waals surface area (Å²) < 4.78 is 0. The number of aryl methyl sites for hydroxylation is 1. The number of hydrogen-bond acceptors (Lipinski definition) is 3. The van der Waals surface area contributed by atoms with Crippen molar-refractivity contribution in [1.29, 1.82) is 0 Å². The van der Waals surface area contributed by atoms with Crippen molar-refractivity contribution in [3.05, 3.63) is 36.3 Å². The number of anilines is 2. The summed E-state index contributed by atoms with van der Waals surface area (Å²) in [7, 11) is 0. The predicted octanol–water partition coefficient (Wildman–Crippen LogP) is 1.86. The highest BCUT2D eigenvalue weighted by atomic mass is 15.2. The van der Waals surface area contributed by atoms with E-state index >= 15 is 0 Å². The third kappa shape index (κ3) is 1.84. The number of nitrogens with zero attached hydrogens (tertiary/aromatic N) is 2. The van der Waals surface area contributed by atoms with Crippen LogP contribution in [-0.2, 0) is 0 Å². The van der Waals surface area contributed by atoms with E-state index in [2.05, 4.69) is 20.5 Å². The first-order valence-electron chi connectivity index (χ1n) is 4.03. The van der Waals surface area contributed by atoms with Gasteiger partial charge in [0.1, 0.15) is 0 Å². The zero-order chi connectivity index (χ0) is 9.10. The quantitative estimate of drug-likeness (QED) is 0.730. The first-order chi connectivity index (χ1) is 6.34. The molecule has 66 valence electrons. The second kappa shape index (κ2) is 3.26. The first kappa shape index (κ1) is 7.79. The van der Waals surface area contributed by atoms with Crippen molar-refractivity contribution in [2.24, 2.45) is 0 Å². The largest absolute Gasteiger partial charge is 0.339 e. The van der Waals surface area contributed by atoms with Crippen molar-refractivity contribution in [3.8, 4) is 0 Å². The lowest BCUT2D eigenvalue weighted by Gasteiger charge is -1.99. The van der Waals surface area contributed by atoms with Crippen LogP contribution in [0.4, 0.5) is 11.5 Å². The van der Waals surface area contributed by atoms with Crippen LogP contribution in [0.25, 0.3) is 0 Å². The molecule has 0 fully saturated rings. The summed E-state index contributed by atoms with van der Waals surface area (Å²) in [6, 6.07) is 5.73. The molecule has 4 nitrogen and oxygen atoms in total. The molecule has 0 aliphatic heterocycles. The fraction of sp³-hybridized carbons (Fsp3) is 0.111. The minimum Gasteiger partial charge on any atom is -0.339 e. The van der Waals surface area contributed by atoms with Gasteiger partial charge in [-0.05, 0) is 19.1 Å². The molecule has 0 atom stereocenters. The number of rotatable bonds is 2. The summed E-state index contributed by atoms with van der Waals surface area (Å²) in [6.07, 6.45) is 3.48. The fourth-order valence-corrected chi connectivity index (χ4v) is 1.07. The molecule has 0 unspecified atom stereocenters. The Kier molecular flexibility index (Phi) is 1.96. The molecule has 2 aromatic rings. The molecule has 13 heavy (non-hydrogen) atoms. The third-order valence-electron chi connectivity index (χ3n) is 1.66. The van der Waals surface area contributed by atoms with Crippen LogP contribution in [0.5, 0.6) is 0 Å². The minimum atomic E-state index is 0.823. The third-order valence-corrected chi connectivity index (χ3v) is 1.66. The highest BCUT2D eigenvalue weighted by Crippen LogP contribution is 2.12. The molecule has 0 radical (unpaired) electrons. The monoisotopic (exact) mass is 174 g/mol. The second-order valence-corrected chi connectivity index (χ2v) is 2.80. The molecule has 0 saturated carbocycles. The molecule has 0 saturated heterocycles. The highest BCUT2D eigenvalue weighted by Gasteiger charge is 1.96. The normalized spacial score (nSPS) is 9.92.